The summed E-state index contributed by atoms with van der Waals surface area (Å²) in [5.74, 6) is 2.53. The van der Waals surface area contributed by atoms with Crippen molar-refractivity contribution in [1.29, 1.82) is 0 Å². The van der Waals surface area contributed by atoms with E-state index in [1.807, 2.05) is 140 Å². The highest BCUT2D eigenvalue weighted by Crippen LogP contribution is 2.53. The lowest BCUT2D eigenvalue weighted by molar-refractivity contribution is -0.119. The van der Waals surface area contributed by atoms with Gasteiger partial charge in [0.25, 0.3) is 0 Å². The van der Waals surface area contributed by atoms with Crippen molar-refractivity contribution in [3.63, 3.8) is 0 Å². The second-order valence-electron chi connectivity index (χ2n) is 20.1. The minimum atomic E-state index is -1.35. The summed E-state index contributed by atoms with van der Waals surface area (Å²) in [7, 11) is -2.71. The van der Waals surface area contributed by atoms with Crippen LogP contribution in [-0.4, -0.2) is 53.3 Å². The normalized spacial score (nSPS) is 17.5. The van der Waals surface area contributed by atoms with E-state index in [0.717, 1.165) is 69.1 Å². The van der Waals surface area contributed by atoms with Crippen LogP contribution >= 0.6 is 45.9 Å². The molecule has 2 saturated carbocycles. The molecule has 2 aliphatic carbocycles. The maximum absolute atomic E-state index is 13.4. The predicted molar refractivity (Wildman–Crippen MR) is 287 cm³/mol. The van der Waals surface area contributed by atoms with Crippen LogP contribution in [0.3, 0.4) is 0 Å². The van der Waals surface area contributed by atoms with Gasteiger partial charge in [-0.25, -0.2) is 27.8 Å². The lowest BCUT2D eigenvalue weighted by atomic mass is 9.94. The Balaban J connectivity index is 0.000000178. The van der Waals surface area contributed by atoms with Gasteiger partial charge in [-0.3, -0.25) is 9.59 Å². The minimum absolute atomic E-state index is 0.0952. The fourth-order valence-corrected chi connectivity index (χ4v) is 12.7. The molecule has 72 heavy (non-hydrogen) atoms. The Bertz CT molecular complexity index is 2900. The third-order valence-electron chi connectivity index (χ3n) is 12.8. The van der Waals surface area contributed by atoms with Crippen molar-refractivity contribution >= 4 is 89.9 Å². The molecule has 4 atom stereocenters. The highest BCUT2D eigenvalue weighted by Gasteiger charge is 2.53. The molecule has 2 aromatic heterocycles. The summed E-state index contributed by atoms with van der Waals surface area (Å²) in [6, 6.07) is 25.4. The summed E-state index contributed by atoms with van der Waals surface area (Å²) in [6.07, 6.45) is 3.02. The van der Waals surface area contributed by atoms with Gasteiger partial charge >= 0.3 is 0 Å². The molecule has 0 bridgehead atoms. The summed E-state index contributed by atoms with van der Waals surface area (Å²) in [5, 5.41) is 8.21. The number of hydrogen-bond donors (Lipinski definition) is 4. The molecule has 0 unspecified atom stereocenters. The second-order valence-corrected chi connectivity index (χ2v) is 26.9. The molecule has 10 rings (SSSR count). The largest absolute Gasteiger partial charge is 0.454 e. The van der Waals surface area contributed by atoms with Gasteiger partial charge in [0, 0.05) is 10.0 Å². The number of benzene rings is 4. The molecular formula is C52H56Cl2N6O8S4. The van der Waals surface area contributed by atoms with Gasteiger partial charge in [-0.1, -0.05) is 94.4 Å². The molecule has 14 nitrogen and oxygen atoms in total. The molecule has 20 heteroatoms. The summed E-state index contributed by atoms with van der Waals surface area (Å²) in [6.45, 7) is 15.6. The van der Waals surface area contributed by atoms with E-state index in [1.165, 1.54) is 22.7 Å². The summed E-state index contributed by atoms with van der Waals surface area (Å²) in [5.41, 5.74) is 3.71. The zero-order valence-electron chi connectivity index (χ0n) is 41.0. The number of carbonyl (C=O) groups excluding carboxylic acids is 2. The van der Waals surface area contributed by atoms with Crippen molar-refractivity contribution in [2.75, 3.05) is 24.2 Å². The highest BCUT2D eigenvalue weighted by molar-refractivity contribution is 7.84. The molecule has 380 valence electrons. The topological polar surface area (TPSA) is 179 Å². The van der Waals surface area contributed by atoms with E-state index >= 15 is 0 Å². The van der Waals surface area contributed by atoms with Gasteiger partial charge in [-0.05, 0) is 140 Å². The third-order valence-corrected chi connectivity index (χ3v) is 18.9. The summed E-state index contributed by atoms with van der Waals surface area (Å²) < 4.78 is 53.5. The fraction of sp³-hybridized carbons (Fsp3) is 0.385. The molecule has 0 spiro atoms. The second kappa shape index (κ2) is 20.4. The van der Waals surface area contributed by atoms with Gasteiger partial charge in [0.05, 0.1) is 75.5 Å². The first-order valence-corrected chi connectivity index (χ1v) is 28.1. The first-order valence-electron chi connectivity index (χ1n) is 23.4. The number of hydrogen-bond acceptors (Lipinski definition) is 12. The monoisotopic (exact) mass is 1090 g/mol. The minimum Gasteiger partial charge on any atom is -0.454 e. The molecule has 0 radical (unpaired) electrons. The molecule has 0 saturated heterocycles. The van der Waals surface area contributed by atoms with E-state index in [4.69, 9.17) is 42.1 Å². The van der Waals surface area contributed by atoms with Gasteiger partial charge < -0.3 is 29.6 Å². The van der Waals surface area contributed by atoms with Crippen molar-refractivity contribution in [2.24, 2.45) is 0 Å². The lowest BCUT2D eigenvalue weighted by Gasteiger charge is -2.25. The molecule has 2 fully saturated rings. The average molecular weight is 1090 g/mol. The van der Waals surface area contributed by atoms with E-state index in [1.54, 1.807) is 0 Å². The Hall–Kier alpha value is -4.92. The fourth-order valence-electron chi connectivity index (χ4n) is 8.33. The van der Waals surface area contributed by atoms with Crippen molar-refractivity contribution in [3.05, 3.63) is 138 Å². The van der Waals surface area contributed by atoms with Crippen LogP contribution in [0.4, 0.5) is 10.3 Å². The van der Waals surface area contributed by atoms with E-state index < -0.39 is 54.4 Å². The maximum Gasteiger partial charge on any atom is 0.236 e. The van der Waals surface area contributed by atoms with Gasteiger partial charge in [0.15, 0.2) is 33.3 Å². The molecule has 4 heterocycles. The molecule has 6 aromatic rings. The lowest BCUT2D eigenvalue weighted by Crippen LogP contribution is -2.36. The van der Waals surface area contributed by atoms with E-state index in [2.05, 4.69) is 30.0 Å². The van der Waals surface area contributed by atoms with Crippen LogP contribution in [0, 0.1) is 13.8 Å². The zero-order chi connectivity index (χ0) is 51.3. The first-order chi connectivity index (χ1) is 34.2. The number of amides is 2. The van der Waals surface area contributed by atoms with E-state index in [-0.39, 0.29) is 25.4 Å². The van der Waals surface area contributed by atoms with Crippen molar-refractivity contribution in [3.8, 4) is 23.0 Å². The van der Waals surface area contributed by atoms with Gasteiger partial charge in [-0.15, -0.1) is 0 Å². The number of nitrogens with one attached hydrogen (secondary N) is 4. The van der Waals surface area contributed by atoms with Crippen molar-refractivity contribution in [1.82, 2.24) is 19.4 Å². The number of rotatable bonds is 14. The zero-order valence-corrected chi connectivity index (χ0v) is 45.8. The predicted octanol–water partition coefficient (Wildman–Crippen LogP) is 11.3. The number of nitrogens with zero attached hydrogens (tertiary/aromatic N) is 2. The number of anilines is 2. The Morgan fingerprint density at radius 1 is 0.583 bits per heavy atom. The Morgan fingerprint density at radius 2 is 0.944 bits per heavy atom. The third kappa shape index (κ3) is 10.8. The molecule has 4 aliphatic rings. The summed E-state index contributed by atoms with van der Waals surface area (Å²) in [4.78, 5) is 37.8. The van der Waals surface area contributed by atoms with Gasteiger partial charge in [-0.2, -0.15) is 0 Å². The highest BCUT2D eigenvalue weighted by atomic mass is 35.5. The molecule has 4 aromatic carbocycles. The Kier molecular flexibility index (Phi) is 14.7. The smallest absolute Gasteiger partial charge is 0.236 e. The number of carbonyl (C=O) groups is 2. The number of aryl methyl sites for hydroxylation is 2. The molecule has 4 N–H and O–H groups in total. The maximum atomic E-state index is 13.4. The SMILES string of the molecule is Cc1nc(NC(=O)C2(c3ccc4c(c3)OCO4)CC2)sc1[C@@H](N[S@](=O)C(C)(C)C)c1ccccc1Cl.Cc1nc(NC(=O)C2(c3ccc4c(c3)OCO4)CC2)sc1[C@H](N[S@](=O)C(C)(C)C)c1ccccc1Cl. The van der Waals surface area contributed by atoms with Crippen LogP contribution < -0.4 is 39.0 Å². The number of fused-ring (bicyclic) bond motifs is 2. The standard InChI is InChI=1S/2C26H28ClN3O4S2/c2*1-15-22(21(30-36(32)25(2,3)4)17-7-5-6-8-18(17)27)35-24(28-15)29-23(31)26(11-12-26)16-9-10-19-20(13-16)34-14-33-19/h2*5-10,13,21,30H,11-12,14H2,1-4H3,(H,28,29,31)/t21-,36+;21-,36-/m01/s1. The van der Waals surface area contributed by atoms with E-state index in [9.17, 15) is 18.0 Å². The molecule has 2 amide bonds. The van der Waals surface area contributed by atoms with Crippen molar-refractivity contribution < 1.29 is 37.0 Å². The van der Waals surface area contributed by atoms with Gasteiger partial charge in [0.2, 0.25) is 25.4 Å². The summed E-state index contributed by atoms with van der Waals surface area (Å²) >= 11 is 15.8. The number of halogens is 2. The molecule has 2 aliphatic heterocycles. The van der Waals surface area contributed by atoms with Gasteiger partial charge in [0.1, 0.15) is 0 Å². The number of aromatic nitrogens is 2. The number of ether oxygens (including phenoxy) is 4. The van der Waals surface area contributed by atoms with Crippen LogP contribution in [0.1, 0.15) is 123 Å². The van der Waals surface area contributed by atoms with Crippen LogP contribution in [0.5, 0.6) is 23.0 Å². The van der Waals surface area contributed by atoms with Crippen LogP contribution in [0.2, 0.25) is 10.0 Å². The average Bonchev–Trinajstić information content (AvgIpc) is 4.11. The van der Waals surface area contributed by atoms with Crippen LogP contribution in [0.25, 0.3) is 0 Å². The van der Waals surface area contributed by atoms with Crippen LogP contribution in [-0.2, 0) is 42.4 Å². The van der Waals surface area contributed by atoms with Crippen molar-refractivity contribution in [2.45, 2.75) is 113 Å². The van der Waals surface area contributed by atoms with E-state index in [0.29, 0.717) is 43.3 Å². The Labute approximate surface area is 442 Å². The Morgan fingerprint density at radius 3 is 1.29 bits per heavy atom. The number of thiazole rings is 2. The molecular weight excluding hydrogens is 1040 g/mol. The quantitative estimate of drug-likeness (QED) is 0.0820. The van der Waals surface area contributed by atoms with Crippen LogP contribution in [0.15, 0.2) is 84.9 Å². The first kappa shape index (κ1) is 52.0.